The van der Waals surface area contributed by atoms with E-state index < -0.39 is 0 Å². The van der Waals surface area contributed by atoms with Crippen molar-refractivity contribution < 1.29 is 14.1 Å². The Morgan fingerprint density at radius 3 is 2.92 bits per heavy atom. The fraction of sp³-hybridized carbons (Fsp3) is 0.500. The van der Waals surface area contributed by atoms with Crippen molar-refractivity contribution in [3.63, 3.8) is 0 Å². The lowest BCUT2D eigenvalue weighted by Crippen LogP contribution is -2.42. The molecule has 0 unspecified atom stereocenters. The number of aromatic nitrogens is 2. The van der Waals surface area contributed by atoms with E-state index in [0.29, 0.717) is 32.5 Å². The number of hydrogen-bond donors (Lipinski definition) is 0. The van der Waals surface area contributed by atoms with Gasteiger partial charge < -0.3 is 14.2 Å². The Balaban J connectivity index is 1.61. The summed E-state index contributed by atoms with van der Waals surface area (Å²) in [6.45, 7) is 7.54. The second kappa shape index (κ2) is 7.13. The number of rotatable bonds is 4. The van der Waals surface area contributed by atoms with Gasteiger partial charge in [-0.15, -0.1) is 0 Å². The third kappa shape index (κ3) is 3.64. The van der Waals surface area contributed by atoms with Crippen LogP contribution in [-0.4, -0.2) is 40.6 Å². The minimum absolute atomic E-state index is 0.0801. The molecule has 6 heteroatoms. The molecule has 3 heterocycles. The van der Waals surface area contributed by atoms with Crippen molar-refractivity contribution in [3.8, 4) is 0 Å². The van der Waals surface area contributed by atoms with E-state index in [9.17, 15) is 4.79 Å². The number of hydrogen-bond acceptors (Lipinski definition) is 5. The molecule has 1 fully saturated rings. The molecule has 0 N–H and O–H groups in total. The van der Waals surface area contributed by atoms with Crippen molar-refractivity contribution >= 4 is 5.91 Å². The molecule has 0 radical (unpaired) electrons. The van der Waals surface area contributed by atoms with Crippen molar-refractivity contribution in [3.05, 3.63) is 46.6 Å². The molecule has 0 aliphatic carbocycles. The van der Waals surface area contributed by atoms with Crippen molar-refractivity contribution in [2.24, 2.45) is 0 Å². The molecule has 2 aromatic rings. The monoisotopic (exact) mass is 329 g/mol. The second-order valence-corrected chi connectivity index (χ2v) is 6.23. The van der Waals surface area contributed by atoms with E-state index in [2.05, 4.69) is 10.1 Å². The largest absolute Gasteiger partial charge is 0.370 e. The number of ether oxygens (including phenoxy) is 1. The zero-order valence-electron chi connectivity index (χ0n) is 14.4. The zero-order chi connectivity index (χ0) is 17.1. The summed E-state index contributed by atoms with van der Waals surface area (Å²) in [6, 6.07) is 3.97. The average Bonchev–Trinajstić information content (AvgIpc) is 2.91. The predicted octanol–water partition coefficient (Wildman–Crippen LogP) is 2.53. The van der Waals surface area contributed by atoms with Crippen LogP contribution in [0.3, 0.4) is 0 Å². The van der Waals surface area contributed by atoms with Gasteiger partial charge in [-0.3, -0.25) is 9.78 Å². The van der Waals surface area contributed by atoms with Crippen LogP contribution < -0.4 is 0 Å². The van der Waals surface area contributed by atoms with Crippen molar-refractivity contribution in [1.82, 2.24) is 15.0 Å². The summed E-state index contributed by atoms with van der Waals surface area (Å²) in [5.41, 5.74) is 3.94. The lowest BCUT2D eigenvalue weighted by molar-refractivity contribution is -0.139. The lowest BCUT2D eigenvalue weighted by Gasteiger charge is -2.33. The molecule has 0 saturated carbocycles. The number of carbonyl (C=O) groups is 1. The Labute approximate surface area is 141 Å². The zero-order valence-corrected chi connectivity index (χ0v) is 14.4. The second-order valence-electron chi connectivity index (χ2n) is 6.23. The summed E-state index contributed by atoms with van der Waals surface area (Å²) < 4.78 is 11.0. The maximum atomic E-state index is 12.6. The first-order valence-electron chi connectivity index (χ1n) is 8.28. The molecule has 0 spiro atoms. The van der Waals surface area contributed by atoms with Gasteiger partial charge in [-0.2, -0.15) is 0 Å². The fourth-order valence-electron chi connectivity index (χ4n) is 3.09. The van der Waals surface area contributed by atoms with Gasteiger partial charge in [-0.1, -0.05) is 5.16 Å². The highest BCUT2D eigenvalue weighted by molar-refractivity contribution is 5.76. The topological polar surface area (TPSA) is 68.5 Å². The van der Waals surface area contributed by atoms with Gasteiger partial charge in [-0.05, 0) is 44.9 Å². The summed E-state index contributed by atoms with van der Waals surface area (Å²) in [6.07, 6.45) is 2.83. The molecular formula is C18H23N3O3. The number of morpholine rings is 1. The molecule has 1 aliphatic rings. The molecule has 1 atom stereocenters. The molecule has 2 aromatic heterocycles. The predicted molar refractivity (Wildman–Crippen MR) is 88.5 cm³/mol. The van der Waals surface area contributed by atoms with E-state index in [4.69, 9.17) is 9.26 Å². The minimum atomic E-state index is -0.0801. The lowest BCUT2D eigenvalue weighted by atomic mass is 10.1. The van der Waals surface area contributed by atoms with E-state index in [1.807, 2.05) is 37.8 Å². The molecule has 6 nitrogen and oxygen atoms in total. The summed E-state index contributed by atoms with van der Waals surface area (Å²) in [5.74, 6) is 0.946. The van der Waals surface area contributed by atoms with Crippen LogP contribution in [0, 0.1) is 20.8 Å². The van der Waals surface area contributed by atoms with E-state index in [1.54, 1.807) is 6.20 Å². The third-order valence-corrected chi connectivity index (χ3v) is 4.48. The molecule has 1 amide bonds. The van der Waals surface area contributed by atoms with Crippen LogP contribution in [0.15, 0.2) is 22.9 Å². The van der Waals surface area contributed by atoms with Gasteiger partial charge in [0.1, 0.15) is 11.9 Å². The highest BCUT2D eigenvalue weighted by Gasteiger charge is 2.25. The number of amides is 1. The Bertz CT molecular complexity index is 707. The van der Waals surface area contributed by atoms with Crippen LogP contribution in [0.4, 0.5) is 0 Å². The van der Waals surface area contributed by atoms with E-state index >= 15 is 0 Å². The first-order valence-corrected chi connectivity index (χ1v) is 8.28. The normalized spacial score (nSPS) is 18.0. The smallest absolute Gasteiger partial charge is 0.223 e. The summed E-state index contributed by atoms with van der Waals surface area (Å²) in [4.78, 5) is 18.7. The summed E-state index contributed by atoms with van der Waals surface area (Å²) in [7, 11) is 0. The molecule has 128 valence electrons. The van der Waals surface area contributed by atoms with Crippen molar-refractivity contribution in [1.29, 1.82) is 0 Å². The Morgan fingerprint density at radius 2 is 2.21 bits per heavy atom. The van der Waals surface area contributed by atoms with E-state index in [0.717, 1.165) is 28.3 Å². The highest BCUT2D eigenvalue weighted by atomic mass is 16.5. The highest BCUT2D eigenvalue weighted by Crippen LogP contribution is 2.23. The van der Waals surface area contributed by atoms with Crippen molar-refractivity contribution in [2.75, 3.05) is 19.7 Å². The number of aryl methyl sites for hydroxylation is 3. The van der Waals surface area contributed by atoms with Gasteiger partial charge in [-0.25, -0.2) is 0 Å². The molecule has 24 heavy (non-hydrogen) atoms. The van der Waals surface area contributed by atoms with Crippen molar-refractivity contribution in [2.45, 2.75) is 39.7 Å². The Hall–Kier alpha value is -2.21. The van der Waals surface area contributed by atoms with E-state index in [1.165, 1.54) is 0 Å². The van der Waals surface area contributed by atoms with Crippen LogP contribution in [0.2, 0.25) is 0 Å². The van der Waals surface area contributed by atoms with Gasteiger partial charge in [0.2, 0.25) is 5.91 Å². The Kier molecular flexibility index (Phi) is 4.94. The van der Waals surface area contributed by atoms with Crippen LogP contribution in [0.25, 0.3) is 0 Å². The number of carbonyl (C=O) groups excluding carboxylic acids is 1. The fourth-order valence-corrected chi connectivity index (χ4v) is 3.09. The van der Waals surface area contributed by atoms with Crippen LogP contribution >= 0.6 is 0 Å². The van der Waals surface area contributed by atoms with Gasteiger partial charge >= 0.3 is 0 Å². The van der Waals surface area contributed by atoms with Crippen LogP contribution in [0.5, 0.6) is 0 Å². The molecular weight excluding hydrogens is 306 g/mol. The van der Waals surface area contributed by atoms with Crippen LogP contribution in [-0.2, 0) is 16.0 Å². The molecule has 1 aliphatic heterocycles. The standard InChI is InChI=1S/C18H23N3O3/c1-12-10-15(6-7-19-12)17-11-21(8-9-23-17)18(22)5-4-16-13(2)20-24-14(16)3/h6-7,10,17H,4-5,8-9,11H2,1-3H3/t17-/m1/s1. The maximum absolute atomic E-state index is 12.6. The first kappa shape index (κ1) is 16.6. The minimum Gasteiger partial charge on any atom is -0.370 e. The van der Waals surface area contributed by atoms with Gasteiger partial charge in [0.05, 0.1) is 18.8 Å². The van der Waals surface area contributed by atoms with Gasteiger partial charge in [0.25, 0.3) is 0 Å². The van der Waals surface area contributed by atoms with Crippen LogP contribution in [0.1, 0.15) is 40.8 Å². The maximum Gasteiger partial charge on any atom is 0.223 e. The third-order valence-electron chi connectivity index (χ3n) is 4.48. The average molecular weight is 329 g/mol. The molecule has 3 rings (SSSR count). The summed E-state index contributed by atoms with van der Waals surface area (Å²) >= 11 is 0. The SMILES string of the molecule is Cc1cc([C@H]2CN(C(=O)CCc3c(C)noc3C)CCO2)ccn1. The quantitative estimate of drug-likeness (QED) is 0.862. The van der Waals surface area contributed by atoms with Gasteiger partial charge in [0.15, 0.2) is 0 Å². The van der Waals surface area contributed by atoms with E-state index in [-0.39, 0.29) is 12.0 Å². The van der Waals surface area contributed by atoms with Gasteiger partial charge in [0, 0.05) is 30.4 Å². The molecule has 0 bridgehead atoms. The number of nitrogens with zero attached hydrogens (tertiary/aromatic N) is 3. The first-order chi connectivity index (χ1) is 11.5. The molecule has 0 aromatic carbocycles. The summed E-state index contributed by atoms with van der Waals surface area (Å²) in [5, 5.41) is 3.94. The Morgan fingerprint density at radius 1 is 1.38 bits per heavy atom. The molecule has 1 saturated heterocycles. The number of pyridine rings is 1.